The van der Waals surface area contributed by atoms with E-state index >= 15 is 0 Å². The monoisotopic (exact) mass is 283 g/mol. The predicted octanol–water partition coefficient (Wildman–Crippen LogP) is 3.30. The molecule has 0 radical (unpaired) electrons. The first-order valence-electron chi connectivity index (χ1n) is 4.53. The van der Waals surface area contributed by atoms with Gasteiger partial charge in [0.2, 0.25) is 0 Å². The van der Waals surface area contributed by atoms with Crippen molar-refractivity contribution in [1.29, 1.82) is 0 Å². The number of hydrogen-bond acceptors (Lipinski definition) is 3. The number of pyridine rings is 1. The molecule has 2 nitrogen and oxygen atoms in total. The van der Waals surface area contributed by atoms with Gasteiger partial charge in [-0.05, 0) is 47.1 Å². The topological polar surface area (TPSA) is 33.1 Å². The van der Waals surface area contributed by atoms with Gasteiger partial charge in [0, 0.05) is 20.4 Å². The number of aromatic nitrogens is 1. The number of nitrogens with zero attached hydrogens (tertiary/aromatic N) is 1. The molecule has 2 rings (SSSR count). The van der Waals surface area contributed by atoms with E-state index in [-0.39, 0.29) is 0 Å². The van der Waals surface area contributed by atoms with Crippen molar-refractivity contribution in [2.75, 3.05) is 0 Å². The van der Waals surface area contributed by atoms with Crippen LogP contribution in [0.25, 0.3) is 0 Å². The third-order valence-electron chi connectivity index (χ3n) is 2.08. The number of halogens is 1. The van der Waals surface area contributed by atoms with E-state index < -0.39 is 6.10 Å². The lowest BCUT2D eigenvalue weighted by Crippen LogP contribution is -2.00. The molecule has 78 valence electrons. The Morgan fingerprint density at radius 2 is 2.20 bits per heavy atom. The average Bonchev–Trinajstić information content (AvgIpc) is 2.65. The van der Waals surface area contributed by atoms with E-state index in [0.29, 0.717) is 5.69 Å². The highest BCUT2D eigenvalue weighted by Gasteiger charge is 2.16. The van der Waals surface area contributed by atoms with Crippen molar-refractivity contribution < 1.29 is 5.11 Å². The van der Waals surface area contributed by atoms with Crippen molar-refractivity contribution in [3.8, 4) is 0 Å². The van der Waals surface area contributed by atoms with Gasteiger partial charge in [0.05, 0.1) is 5.69 Å². The molecule has 0 aromatic carbocycles. The van der Waals surface area contributed by atoms with Crippen LogP contribution in [0.5, 0.6) is 0 Å². The molecule has 0 bridgehead atoms. The number of aryl methyl sites for hydroxylation is 1. The number of aliphatic hydroxyl groups excluding tert-OH is 1. The van der Waals surface area contributed by atoms with Crippen LogP contribution in [0.3, 0.4) is 0 Å². The fourth-order valence-electron chi connectivity index (χ4n) is 1.33. The normalized spacial score (nSPS) is 12.7. The third kappa shape index (κ3) is 2.27. The molecule has 0 saturated carbocycles. The highest BCUT2D eigenvalue weighted by molar-refractivity contribution is 9.10. The quantitative estimate of drug-likeness (QED) is 0.918. The first-order chi connectivity index (χ1) is 7.18. The molecule has 1 atom stereocenters. The molecule has 0 aliphatic heterocycles. The van der Waals surface area contributed by atoms with Gasteiger partial charge in [0.1, 0.15) is 6.10 Å². The second-order valence-corrected chi connectivity index (χ2v) is 5.40. The molecule has 0 fully saturated rings. The molecular weight excluding hydrogens is 274 g/mol. The third-order valence-corrected chi connectivity index (χ3v) is 3.80. The van der Waals surface area contributed by atoms with E-state index in [4.69, 9.17) is 0 Å². The zero-order chi connectivity index (χ0) is 10.8. The molecule has 2 heterocycles. The maximum absolute atomic E-state index is 10.1. The lowest BCUT2D eigenvalue weighted by Gasteiger charge is -2.09. The standard InChI is InChI=1S/C11H10BrNOS/c1-7-4-5-9(15-7)11(14)10-8(12)3-2-6-13-10/h2-6,11,14H,1H3. The van der Waals surface area contributed by atoms with Crippen molar-refractivity contribution in [1.82, 2.24) is 4.98 Å². The molecule has 0 aliphatic rings. The molecule has 4 heteroatoms. The fraction of sp³-hybridized carbons (Fsp3) is 0.182. The maximum Gasteiger partial charge on any atom is 0.131 e. The summed E-state index contributed by atoms with van der Waals surface area (Å²) in [5, 5.41) is 10.1. The van der Waals surface area contributed by atoms with E-state index in [1.165, 1.54) is 4.88 Å². The van der Waals surface area contributed by atoms with Crippen LogP contribution in [0.1, 0.15) is 21.6 Å². The number of rotatable bonds is 2. The largest absolute Gasteiger partial charge is 0.381 e. The molecule has 2 aromatic rings. The Kier molecular flexibility index (Phi) is 3.19. The highest BCUT2D eigenvalue weighted by Crippen LogP contribution is 2.30. The van der Waals surface area contributed by atoms with Crippen LogP contribution in [-0.4, -0.2) is 10.1 Å². The van der Waals surface area contributed by atoms with Crippen LogP contribution in [0.4, 0.5) is 0 Å². The first kappa shape index (κ1) is 10.8. The summed E-state index contributed by atoms with van der Waals surface area (Å²) in [5.41, 5.74) is 0.666. The van der Waals surface area contributed by atoms with E-state index in [2.05, 4.69) is 20.9 Å². The summed E-state index contributed by atoms with van der Waals surface area (Å²) in [7, 11) is 0. The lowest BCUT2D eigenvalue weighted by atomic mass is 10.2. The zero-order valence-electron chi connectivity index (χ0n) is 8.14. The van der Waals surface area contributed by atoms with Crippen molar-refractivity contribution in [3.05, 3.63) is 50.4 Å². The SMILES string of the molecule is Cc1ccc(C(O)c2ncccc2Br)s1. The number of thiophene rings is 1. The summed E-state index contributed by atoms with van der Waals surface area (Å²) in [6.45, 7) is 2.02. The van der Waals surface area contributed by atoms with Crippen LogP contribution in [0.15, 0.2) is 34.9 Å². The minimum Gasteiger partial charge on any atom is -0.381 e. The van der Waals surface area contributed by atoms with Gasteiger partial charge in [0.15, 0.2) is 0 Å². The van der Waals surface area contributed by atoms with Gasteiger partial charge in [-0.25, -0.2) is 0 Å². The predicted molar refractivity (Wildman–Crippen MR) is 65.1 cm³/mol. The highest BCUT2D eigenvalue weighted by atomic mass is 79.9. The minimum absolute atomic E-state index is 0.640. The average molecular weight is 284 g/mol. The number of aliphatic hydroxyl groups is 1. The van der Waals surface area contributed by atoms with Crippen LogP contribution < -0.4 is 0 Å². The van der Waals surface area contributed by atoms with Crippen molar-refractivity contribution in [3.63, 3.8) is 0 Å². The van der Waals surface area contributed by atoms with Crippen LogP contribution in [0, 0.1) is 6.92 Å². The van der Waals surface area contributed by atoms with Crippen LogP contribution in [0.2, 0.25) is 0 Å². The number of hydrogen-bond donors (Lipinski definition) is 1. The van der Waals surface area contributed by atoms with Gasteiger partial charge in [-0.1, -0.05) is 0 Å². The molecule has 0 saturated heterocycles. The Morgan fingerprint density at radius 1 is 1.40 bits per heavy atom. The molecule has 1 unspecified atom stereocenters. The Balaban J connectivity index is 2.36. The van der Waals surface area contributed by atoms with E-state index in [9.17, 15) is 5.11 Å². The second kappa shape index (κ2) is 4.43. The van der Waals surface area contributed by atoms with Crippen LogP contribution in [-0.2, 0) is 0 Å². The summed E-state index contributed by atoms with van der Waals surface area (Å²) in [6, 6.07) is 7.65. The van der Waals surface area contributed by atoms with Gasteiger partial charge in [0.25, 0.3) is 0 Å². The summed E-state index contributed by atoms with van der Waals surface area (Å²) in [5.74, 6) is 0. The molecule has 15 heavy (non-hydrogen) atoms. The Morgan fingerprint density at radius 3 is 2.80 bits per heavy atom. The minimum atomic E-state index is -0.640. The van der Waals surface area contributed by atoms with Gasteiger partial charge in [-0.2, -0.15) is 0 Å². The Bertz CT molecular complexity index is 469. The zero-order valence-corrected chi connectivity index (χ0v) is 10.5. The molecule has 2 aromatic heterocycles. The van der Waals surface area contributed by atoms with Crippen molar-refractivity contribution in [2.45, 2.75) is 13.0 Å². The Hall–Kier alpha value is -0.710. The summed E-state index contributed by atoms with van der Waals surface area (Å²) >= 11 is 4.97. The van der Waals surface area contributed by atoms with Crippen LogP contribution >= 0.6 is 27.3 Å². The van der Waals surface area contributed by atoms with E-state index in [1.54, 1.807) is 17.5 Å². The van der Waals surface area contributed by atoms with Gasteiger partial charge >= 0.3 is 0 Å². The molecule has 0 spiro atoms. The second-order valence-electron chi connectivity index (χ2n) is 3.22. The van der Waals surface area contributed by atoms with E-state index in [0.717, 1.165) is 9.35 Å². The van der Waals surface area contributed by atoms with Gasteiger partial charge in [-0.15, -0.1) is 11.3 Å². The molecular formula is C11H10BrNOS. The van der Waals surface area contributed by atoms with Crippen molar-refractivity contribution in [2.24, 2.45) is 0 Å². The molecule has 0 aliphatic carbocycles. The van der Waals surface area contributed by atoms with Crippen molar-refractivity contribution >= 4 is 27.3 Å². The maximum atomic E-state index is 10.1. The van der Waals surface area contributed by atoms with E-state index in [1.807, 2.05) is 31.2 Å². The summed E-state index contributed by atoms with van der Waals surface area (Å²) < 4.78 is 0.837. The first-order valence-corrected chi connectivity index (χ1v) is 6.14. The van der Waals surface area contributed by atoms with Gasteiger partial charge < -0.3 is 5.11 Å². The molecule has 0 amide bonds. The summed E-state index contributed by atoms with van der Waals surface area (Å²) in [6.07, 6.45) is 1.04. The Labute approximate surface area is 101 Å². The summed E-state index contributed by atoms with van der Waals surface area (Å²) in [4.78, 5) is 6.29. The van der Waals surface area contributed by atoms with Gasteiger partial charge in [-0.3, -0.25) is 4.98 Å². The lowest BCUT2D eigenvalue weighted by molar-refractivity contribution is 0.218. The molecule has 1 N–H and O–H groups in total. The fourth-order valence-corrected chi connectivity index (χ4v) is 2.67. The smallest absolute Gasteiger partial charge is 0.131 e.